The second-order valence-electron chi connectivity index (χ2n) is 6.41. The highest BCUT2D eigenvalue weighted by Gasteiger charge is 2.39. The quantitative estimate of drug-likeness (QED) is 0.828. The predicted octanol–water partition coefficient (Wildman–Crippen LogP) is 2.31. The van der Waals surface area contributed by atoms with E-state index in [1.165, 1.54) is 0 Å². The molecule has 6 nitrogen and oxygen atoms in total. The van der Waals surface area contributed by atoms with E-state index in [9.17, 15) is 9.59 Å². The Labute approximate surface area is 119 Å². The molecule has 0 aromatic carbocycles. The van der Waals surface area contributed by atoms with Crippen LogP contribution < -0.4 is 5.32 Å². The molecule has 2 N–H and O–H groups in total. The minimum Gasteiger partial charge on any atom is -0.481 e. The first-order valence-corrected chi connectivity index (χ1v) is 6.91. The molecule has 0 unspecified atom stereocenters. The van der Waals surface area contributed by atoms with Gasteiger partial charge < -0.3 is 19.9 Å². The van der Waals surface area contributed by atoms with Crippen molar-refractivity contribution in [1.82, 2.24) is 5.32 Å². The second-order valence-corrected chi connectivity index (χ2v) is 6.41. The molecule has 1 saturated carbocycles. The van der Waals surface area contributed by atoms with Gasteiger partial charge in [0.05, 0.1) is 18.1 Å². The molecule has 0 spiro atoms. The van der Waals surface area contributed by atoms with Crippen molar-refractivity contribution in [3.8, 4) is 0 Å². The number of carboxylic acids is 1. The van der Waals surface area contributed by atoms with E-state index in [0.717, 1.165) is 12.8 Å². The molecule has 0 bridgehead atoms. The molecule has 6 heteroatoms. The van der Waals surface area contributed by atoms with E-state index >= 15 is 0 Å². The summed E-state index contributed by atoms with van der Waals surface area (Å²) >= 11 is 0. The molecule has 1 rings (SSSR count). The minimum atomic E-state index is -0.920. The SMILES string of the molecule is COC1CCC(CC(=O)O)(NC(=O)OC(C)(C)C)CC1. The Morgan fingerprint density at radius 2 is 1.85 bits per heavy atom. The molecular formula is C14H25NO5. The number of alkyl carbamates (subject to hydrolysis) is 1. The third-order valence-electron chi connectivity index (χ3n) is 3.48. The molecule has 0 heterocycles. The summed E-state index contributed by atoms with van der Waals surface area (Å²) < 4.78 is 10.5. The van der Waals surface area contributed by atoms with Crippen molar-refractivity contribution in [2.24, 2.45) is 0 Å². The Hall–Kier alpha value is -1.30. The van der Waals surface area contributed by atoms with E-state index in [1.54, 1.807) is 27.9 Å². The topological polar surface area (TPSA) is 84.9 Å². The molecule has 0 aromatic heterocycles. The van der Waals surface area contributed by atoms with E-state index in [0.29, 0.717) is 12.8 Å². The highest BCUT2D eigenvalue weighted by atomic mass is 16.6. The average Bonchev–Trinajstić information content (AvgIpc) is 2.26. The van der Waals surface area contributed by atoms with Gasteiger partial charge in [0.1, 0.15) is 5.60 Å². The Bertz CT molecular complexity index is 353. The van der Waals surface area contributed by atoms with Gasteiger partial charge >= 0.3 is 12.1 Å². The number of hydrogen-bond donors (Lipinski definition) is 2. The molecular weight excluding hydrogens is 262 g/mol. The third kappa shape index (κ3) is 5.36. The van der Waals surface area contributed by atoms with Crippen molar-refractivity contribution >= 4 is 12.1 Å². The molecule has 0 aromatic rings. The Morgan fingerprint density at radius 3 is 2.25 bits per heavy atom. The zero-order valence-electron chi connectivity index (χ0n) is 12.7. The van der Waals surface area contributed by atoms with Crippen LogP contribution in [0.2, 0.25) is 0 Å². The molecule has 1 amide bonds. The van der Waals surface area contributed by atoms with Gasteiger partial charge in [-0.25, -0.2) is 4.79 Å². The van der Waals surface area contributed by atoms with Gasteiger partial charge in [0.25, 0.3) is 0 Å². The summed E-state index contributed by atoms with van der Waals surface area (Å²) in [5.74, 6) is -0.920. The maximum atomic E-state index is 11.9. The van der Waals surface area contributed by atoms with E-state index in [4.69, 9.17) is 14.6 Å². The highest BCUT2D eigenvalue weighted by molar-refractivity contribution is 5.73. The second kappa shape index (κ2) is 6.43. The van der Waals surface area contributed by atoms with Crippen LogP contribution in [-0.4, -0.2) is 41.5 Å². The van der Waals surface area contributed by atoms with E-state index in [1.807, 2.05) is 0 Å². The molecule has 116 valence electrons. The fourth-order valence-corrected chi connectivity index (χ4v) is 2.54. The number of carbonyl (C=O) groups is 2. The smallest absolute Gasteiger partial charge is 0.408 e. The molecule has 0 aliphatic heterocycles. The first-order chi connectivity index (χ1) is 9.16. The van der Waals surface area contributed by atoms with Crippen LogP contribution in [0, 0.1) is 0 Å². The lowest BCUT2D eigenvalue weighted by Crippen LogP contribution is -2.53. The van der Waals surface area contributed by atoms with Gasteiger partial charge in [-0.15, -0.1) is 0 Å². The first-order valence-electron chi connectivity index (χ1n) is 6.91. The van der Waals surface area contributed by atoms with Crippen LogP contribution in [0.4, 0.5) is 4.79 Å². The zero-order valence-corrected chi connectivity index (χ0v) is 12.7. The largest absolute Gasteiger partial charge is 0.481 e. The van der Waals surface area contributed by atoms with Crippen LogP contribution in [0.25, 0.3) is 0 Å². The summed E-state index contributed by atoms with van der Waals surface area (Å²) in [4.78, 5) is 23.0. The van der Waals surface area contributed by atoms with Gasteiger partial charge in [0.2, 0.25) is 0 Å². The number of aliphatic carboxylic acids is 1. The summed E-state index contributed by atoms with van der Waals surface area (Å²) in [5, 5.41) is 11.8. The van der Waals surface area contributed by atoms with Gasteiger partial charge in [-0.1, -0.05) is 0 Å². The average molecular weight is 287 g/mol. The van der Waals surface area contributed by atoms with Crippen molar-refractivity contribution in [3.05, 3.63) is 0 Å². The molecule has 1 aliphatic carbocycles. The van der Waals surface area contributed by atoms with Crippen molar-refractivity contribution in [2.45, 2.75) is 70.1 Å². The number of ether oxygens (including phenoxy) is 2. The van der Waals surface area contributed by atoms with E-state index < -0.39 is 23.2 Å². The summed E-state index contributed by atoms with van der Waals surface area (Å²) in [5.41, 5.74) is -1.33. The molecule has 20 heavy (non-hydrogen) atoms. The maximum absolute atomic E-state index is 11.9. The fourth-order valence-electron chi connectivity index (χ4n) is 2.54. The van der Waals surface area contributed by atoms with Crippen molar-refractivity contribution in [1.29, 1.82) is 0 Å². The highest BCUT2D eigenvalue weighted by Crippen LogP contribution is 2.32. The lowest BCUT2D eigenvalue weighted by atomic mass is 9.78. The molecule has 1 fully saturated rings. The van der Waals surface area contributed by atoms with Gasteiger partial charge in [-0.3, -0.25) is 4.79 Å². The van der Waals surface area contributed by atoms with Crippen LogP contribution >= 0.6 is 0 Å². The van der Waals surface area contributed by atoms with Gasteiger partial charge in [-0.2, -0.15) is 0 Å². The van der Waals surface area contributed by atoms with Crippen LogP contribution in [0.5, 0.6) is 0 Å². The number of carbonyl (C=O) groups excluding carboxylic acids is 1. The fraction of sp³-hybridized carbons (Fsp3) is 0.857. The molecule has 1 aliphatic rings. The number of rotatable bonds is 4. The number of carboxylic acid groups (broad SMARTS) is 1. The van der Waals surface area contributed by atoms with Crippen LogP contribution in [0.15, 0.2) is 0 Å². The third-order valence-corrected chi connectivity index (χ3v) is 3.48. The van der Waals surface area contributed by atoms with Crippen LogP contribution in [0.1, 0.15) is 52.9 Å². The Balaban J connectivity index is 2.70. The normalized spacial score (nSPS) is 26.9. The van der Waals surface area contributed by atoms with Crippen molar-refractivity contribution < 1.29 is 24.2 Å². The molecule has 0 atom stereocenters. The van der Waals surface area contributed by atoms with Crippen molar-refractivity contribution in [3.63, 3.8) is 0 Å². The van der Waals surface area contributed by atoms with E-state index in [2.05, 4.69) is 5.32 Å². The Kier molecular flexibility index (Phi) is 5.39. The number of methoxy groups -OCH3 is 1. The zero-order chi connectivity index (χ0) is 15.4. The first kappa shape index (κ1) is 16.8. The van der Waals surface area contributed by atoms with Gasteiger partial charge in [0, 0.05) is 7.11 Å². The Morgan fingerprint density at radius 1 is 1.30 bits per heavy atom. The lowest BCUT2D eigenvalue weighted by Gasteiger charge is -2.39. The minimum absolute atomic E-state index is 0.0946. The summed E-state index contributed by atoms with van der Waals surface area (Å²) in [7, 11) is 1.65. The number of amides is 1. The lowest BCUT2D eigenvalue weighted by molar-refractivity contribution is -0.139. The van der Waals surface area contributed by atoms with Crippen molar-refractivity contribution in [2.75, 3.05) is 7.11 Å². The number of hydrogen-bond acceptors (Lipinski definition) is 4. The standard InChI is InChI=1S/C14H25NO5/c1-13(2,3)20-12(18)15-14(9-11(16)17)7-5-10(19-4)6-8-14/h10H,5-9H2,1-4H3,(H,15,18)(H,16,17). The summed E-state index contributed by atoms with van der Waals surface area (Å²) in [6.07, 6.45) is 2.11. The van der Waals surface area contributed by atoms with Crippen LogP contribution in [0.3, 0.4) is 0 Å². The van der Waals surface area contributed by atoms with E-state index in [-0.39, 0.29) is 12.5 Å². The van der Waals surface area contributed by atoms with Crippen LogP contribution in [-0.2, 0) is 14.3 Å². The summed E-state index contributed by atoms with van der Waals surface area (Å²) in [6, 6.07) is 0. The predicted molar refractivity (Wildman–Crippen MR) is 73.6 cm³/mol. The van der Waals surface area contributed by atoms with Gasteiger partial charge in [-0.05, 0) is 46.5 Å². The van der Waals surface area contributed by atoms with Gasteiger partial charge in [0.15, 0.2) is 0 Å². The maximum Gasteiger partial charge on any atom is 0.408 e. The summed E-state index contributed by atoms with van der Waals surface area (Å²) in [6.45, 7) is 5.33. The number of nitrogens with one attached hydrogen (secondary N) is 1. The molecule has 0 radical (unpaired) electrons. The molecule has 0 saturated heterocycles. The monoisotopic (exact) mass is 287 g/mol.